The molecule has 4 aliphatic rings. The Hall–Kier alpha value is -0.890. The van der Waals surface area contributed by atoms with E-state index in [-0.39, 0.29) is 22.3 Å². The average molecular weight is 441 g/mol. The molecule has 3 saturated carbocycles. The van der Waals surface area contributed by atoms with Gasteiger partial charge in [-0.2, -0.15) is 0 Å². The summed E-state index contributed by atoms with van der Waals surface area (Å²) < 4.78 is 0. The molecule has 0 bridgehead atoms. The van der Waals surface area contributed by atoms with Gasteiger partial charge in [0.15, 0.2) is 5.78 Å². The number of hydrogen-bond donors (Lipinski definition) is 1. The summed E-state index contributed by atoms with van der Waals surface area (Å²) in [6.07, 6.45) is 13.3. The summed E-state index contributed by atoms with van der Waals surface area (Å²) in [5.74, 6) is 2.61. The highest BCUT2D eigenvalue weighted by Crippen LogP contribution is 2.73. The third-order valence-corrected chi connectivity index (χ3v) is 11.5. The van der Waals surface area contributed by atoms with E-state index in [2.05, 4.69) is 47.6 Å². The number of carbonyl (C=O) groups excluding carboxylic acids is 1. The Morgan fingerprint density at radius 3 is 2.41 bits per heavy atom. The number of rotatable bonds is 4. The largest absolute Gasteiger partial charge is 0.393 e. The molecule has 4 rings (SSSR count). The van der Waals surface area contributed by atoms with Crippen molar-refractivity contribution in [2.24, 2.45) is 45.3 Å². The van der Waals surface area contributed by atoms with Gasteiger partial charge in [-0.15, -0.1) is 0 Å². The molecule has 0 saturated heterocycles. The van der Waals surface area contributed by atoms with Crippen LogP contribution in [0.3, 0.4) is 0 Å². The van der Waals surface area contributed by atoms with E-state index in [0.29, 0.717) is 41.3 Å². The first-order chi connectivity index (χ1) is 14.8. The molecule has 0 radical (unpaired) electrons. The first-order valence-electron chi connectivity index (χ1n) is 13.3. The number of aliphatic hydroxyl groups excluding tert-OH is 1. The van der Waals surface area contributed by atoms with Crippen LogP contribution in [-0.4, -0.2) is 17.0 Å². The first-order valence-corrected chi connectivity index (χ1v) is 13.3. The van der Waals surface area contributed by atoms with Gasteiger partial charge in [0.1, 0.15) is 0 Å². The third-order valence-electron chi connectivity index (χ3n) is 11.5. The molecule has 0 aromatic heterocycles. The molecule has 0 aromatic carbocycles. The second kappa shape index (κ2) is 7.82. The molecule has 2 nitrogen and oxygen atoms in total. The lowest BCUT2D eigenvalue weighted by atomic mass is 9.41. The summed E-state index contributed by atoms with van der Waals surface area (Å²) in [6.45, 7) is 18.7. The van der Waals surface area contributed by atoms with Crippen LogP contribution in [0.4, 0.5) is 0 Å². The minimum absolute atomic E-state index is 0.00151. The quantitative estimate of drug-likeness (QED) is 0.363. The van der Waals surface area contributed by atoms with E-state index in [9.17, 15) is 9.90 Å². The molecule has 0 amide bonds. The molecule has 0 heterocycles. The van der Waals surface area contributed by atoms with Crippen molar-refractivity contribution in [1.82, 2.24) is 0 Å². The van der Waals surface area contributed by atoms with Gasteiger partial charge in [0, 0.05) is 6.42 Å². The molecule has 32 heavy (non-hydrogen) atoms. The Bertz CT molecular complexity index is 830. The predicted molar refractivity (Wildman–Crippen MR) is 133 cm³/mol. The van der Waals surface area contributed by atoms with E-state index >= 15 is 0 Å². The van der Waals surface area contributed by atoms with E-state index < -0.39 is 0 Å². The summed E-state index contributed by atoms with van der Waals surface area (Å²) in [5.41, 5.74) is 3.68. The summed E-state index contributed by atoms with van der Waals surface area (Å²) in [4.78, 5) is 12.6. The highest BCUT2D eigenvalue weighted by molar-refractivity contribution is 5.90. The monoisotopic (exact) mass is 440 g/mol. The maximum Gasteiger partial charge on any atom is 0.155 e. The highest BCUT2D eigenvalue weighted by Gasteiger charge is 2.65. The van der Waals surface area contributed by atoms with Crippen molar-refractivity contribution in [2.45, 2.75) is 113 Å². The van der Waals surface area contributed by atoms with Crippen LogP contribution in [0.25, 0.3) is 0 Å². The number of allylic oxidation sites excluding steroid dienone is 4. The standard InChI is InChI=1S/C30H48O2/c1-19(2)17-21(31)18-20(3)22-11-15-30(8)24-9-10-25-27(4,5)26(32)13-14-28(25,6)23(24)12-16-29(22,30)7/h12,17,20,22,24-26,32H,9-11,13-16,18H2,1-8H3/t20-,22-,24-,25?,26?,28-,29-,30+/m1/s1. The number of fused-ring (bicyclic) bond motifs is 5. The lowest BCUT2D eigenvalue weighted by Crippen LogP contribution is -2.57. The molecule has 2 unspecified atom stereocenters. The predicted octanol–water partition coefficient (Wildman–Crippen LogP) is 7.51. The van der Waals surface area contributed by atoms with Gasteiger partial charge in [-0.25, -0.2) is 0 Å². The third kappa shape index (κ3) is 3.33. The highest BCUT2D eigenvalue weighted by atomic mass is 16.3. The molecule has 0 aliphatic heterocycles. The van der Waals surface area contributed by atoms with Crippen molar-refractivity contribution in [2.75, 3.05) is 0 Å². The molecular formula is C30H48O2. The van der Waals surface area contributed by atoms with Gasteiger partial charge in [-0.3, -0.25) is 4.79 Å². The SMILES string of the molecule is CC(C)=CC(=O)C[C@@H](C)[C@H]1CC[C@@]2(C)[C@@H]3CCC4C(C)(C)C(O)CC[C@]4(C)C3=CC[C@]12C. The number of carbonyl (C=O) groups is 1. The fourth-order valence-corrected chi connectivity index (χ4v) is 9.51. The molecule has 4 aliphatic carbocycles. The summed E-state index contributed by atoms with van der Waals surface area (Å²) >= 11 is 0. The zero-order valence-corrected chi connectivity index (χ0v) is 22.1. The molecular weight excluding hydrogens is 392 g/mol. The van der Waals surface area contributed by atoms with Crippen LogP contribution in [0.15, 0.2) is 23.3 Å². The van der Waals surface area contributed by atoms with Gasteiger partial charge in [0.25, 0.3) is 0 Å². The summed E-state index contributed by atoms with van der Waals surface area (Å²) in [5, 5.41) is 10.8. The van der Waals surface area contributed by atoms with Gasteiger partial charge < -0.3 is 5.11 Å². The Balaban J connectivity index is 1.64. The van der Waals surface area contributed by atoms with Crippen LogP contribution in [-0.2, 0) is 4.79 Å². The number of ketones is 1. The molecule has 3 fully saturated rings. The van der Waals surface area contributed by atoms with Crippen LogP contribution in [0.1, 0.15) is 107 Å². The normalized spacial score (nSPS) is 45.7. The lowest BCUT2D eigenvalue weighted by molar-refractivity contribution is -0.120. The van der Waals surface area contributed by atoms with Crippen LogP contribution < -0.4 is 0 Å². The Morgan fingerprint density at radius 1 is 1.06 bits per heavy atom. The van der Waals surface area contributed by atoms with Crippen molar-refractivity contribution in [3.05, 3.63) is 23.3 Å². The van der Waals surface area contributed by atoms with E-state index in [1.165, 1.54) is 25.7 Å². The minimum Gasteiger partial charge on any atom is -0.393 e. The average Bonchev–Trinajstić information content (AvgIpc) is 2.96. The Labute approximate surface area is 197 Å². The molecule has 2 heteroatoms. The van der Waals surface area contributed by atoms with Crippen molar-refractivity contribution < 1.29 is 9.90 Å². The van der Waals surface area contributed by atoms with Gasteiger partial charge in [0.2, 0.25) is 0 Å². The van der Waals surface area contributed by atoms with E-state index in [1.807, 2.05) is 19.9 Å². The zero-order valence-electron chi connectivity index (χ0n) is 22.1. The first kappa shape index (κ1) is 24.2. The van der Waals surface area contributed by atoms with E-state index in [0.717, 1.165) is 24.8 Å². The smallest absolute Gasteiger partial charge is 0.155 e. The second-order valence-corrected chi connectivity index (χ2v) is 13.7. The molecule has 8 atom stereocenters. The van der Waals surface area contributed by atoms with Crippen LogP contribution >= 0.6 is 0 Å². The van der Waals surface area contributed by atoms with Crippen LogP contribution in [0, 0.1) is 45.3 Å². The second-order valence-electron chi connectivity index (χ2n) is 13.7. The van der Waals surface area contributed by atoms with Crippen LogP contribution in [0.2, 0.25) is 0 Å². The number of hydrogen-bond acceptors (Lipinski definition) is 2. The molecule has 0 spiro atoms. The fourth-order valence-electron chi connectivity index (χ4n) is 9.51. The van der Waals surface area contributed by atoms with Gasteiger partial charge in [0.05, 0.1) is 6.10 Å². The van der Waals surface area contributed by atoms with Crippen molar-refractivity contribution in [3.8, 4) is 0 Å². The fraction of sp³-hybridized carbons (Fsp3) is 0.833. The van der Waals surface area contributed by atoms with Crippen LogP contribution in [0.5, 0.6) is 0 Å². The molecule has 0 aromatic rings. The number of aliphatic hydroxyl groups is 1. The Morgan fingerprint density at radius 2 is 1.75 bits per heavy atom. The summed E-state index contributed by atoms with van der Waals surface area (Å²) in [6, 6.07) is 0. The van der Waals surface area contributed by atoms with Gasteiger partial charge in [-0.1, -0.05) is 58.8 Å². The van der Waals surface area contributed by atoms with E-state index in [1.54, 1.807) is 5.57 Å². The van der Waals surface area contributed by atoms with E-state index in [4.69, 9.17) is 0 Å². The topological polar surface area (TPSA) is 37.3 Å². The zero-order chi connectivity index (χ0) is 23.7. The Kier molecular flexibility index (Phi) is 5.93. The van der Waals surface area contributed by atoms with Crippen molar-refractivity contribution >= 4 is 5.78 Å². The maximum atomic E-state index is 12.6. The maximum absolute atomic E-state index is 12.6. The molecule has 180 valence electrons. The summed E-state index contributed by atoms with van der Waals surface area (Å²) in [7, 11) is 0. The molecule has 1 N–H and O–H groups in total. The lowest BCUT2D eigenvalue weighted by Gasteiger charge is -2.64. The van der Waals surface area contributed by atoms with Crippen molar-refractivity contribution in [3.63, 3.8) is 0 Å². The van der Waals surface area contributed by atoms with Gasteiger partial charge in [-0.05, 0) is 110 Å². The van der Waals surface area contributed by atoms with Gasteiger partial charge >= 0.3 is 0 Å². The van der Waals surface area contributed by atoms with Crippen molar-refractivity contribution in [1.29, 1.82) is 0 Å². The minimum atomic E-state index is -0.169.